The largest absolute Gasteiger partial charge is 0.359 e. The highest BCUT2D eigenvalue weighted by Crippen LogP contribution is 2.38. The van der Waals surface area contributed by atoms with Gasteiger partial charge >= 0.3 is 0 Å². The average molecular weight is 385 g/mol. The summed E-state index contributed by atoms with van der Waals surface area (Å²) >= 11 is 0. The van der Waals surface area contributed by atoms with Gasteiger partial charge in [0.2, 0.25) is 0 Å². The standard InChI is InChI=1S/C25H15N5/c1-3-9-18-15(6-1)16-7-2-4-10-19(16)30(18)20-11-13-27-24-21(20)25-23(28-14-29-25)17-8-5-12-26-22(17)24/h1-14,27H. The van der Waals surface area contributed by atoms with Gasteiger partial charge in [-0.15, -0.1) is 0 Å². The van der Waals surface area contributed by atoms with Crippen LogP contribution in [0.4, 0.5) is 0 Å². The number of fused-ring (bicyclic) bond motifs is 9. The normalized spacial score (nSPS) is 12.0. The number of aromatic nitrogens is 5. The summed E-state index contributed by atoms with van der Waals surface area (Å²) in [7, 11) is 0. The lowest BCUT2D eigenvalue weighted by atomic mass is 10.1. The lowest BCUT2D eigenvalue weighted by molar-refractivity contribution is 1.19. The Bertz CT molecular complexity index is 1700. The fourth-order valence-corrected chi connectivity index (χ4v) is 4.72. The highest BCUT2D eigenvalue weighted by Gasteiger charge is 2.19. The van der Waals surface area contributed by atoms with Crippen LogP contribution in [0.3, 0.4) is 0 Å². The first kappa shape index (κ1) is 15.6. The van der Waals surface area contributed by atoms with Crippen molar-refractivity contribution in [2.75, 3.05) is 0 Å². The summed E-state index contributed by atoms with van der Waals surface area (Å²) in [6, 6.07) is 23.2. The van der Waals surface area contributed by atoms with E-state index in [2.05, 4.69) is 85.2 Å². The number of H-pyrrole nitrogens is 1. The van der Waals surface area contributed by atoms with Crippen molar-refractivity contribution in [2.24, 2.45) is 0 Å². The lowest BCUT2D eigenvalue weighted by Crippen LogP contribution is -1.98. The molecule has 4 aromatic heterocycles. The van der Waals surface area contributed by atoms with E-state index in [-0.39, 0.29) is 0 Å². The first-order valence-electron chi connectivity index (χ1n) is 9.89. The Kier molecular flexibility index (Phi) is 2.94. The van der Waals surface area contributed by atoms with Crippen molar-refractivity contribution in [3.8, 4) is 5.69 Å². The van der Waals surface area contributed by atoms with Gasteiger partial charge in [0.05, 0.1) is 33.1 Å². The van der Waals surface area contributed by atoms with E-state index >= 15 is 0 Å². The molecule has 7 rings (SSSR count). The molecule has 0 saturated heterocycles. The first-order valence-corrected chi connectivity index (χ1v) is 9.89. The van der Waals surface area contributed by atoms with E-state index < -0.39 is 0 Å². The predicted molar refractivity (Wildman–Crippen MR) is 121 cm³/mol. The van der Waals surface area contributed by atoms with Gasteiger partial charge in [-0.1, -0.05) is 36.4 Å². The van der Waals surface area contributed by atoms with Gasteiger partial charge in [0.15, 0.2) is 0 Å². The Balaban J connectivity index is 1.77. The number of benzene rings is 3. The molecule has 4 heterocycles. The van der Waals surface area contributed by atoms with E-state index in [1.807, 2.05) is 18.5 Å². The fraction of sp³-hybridized carbons (Fsp3) is 0. The predicted octanol–water partition coefficient (Wildman–Crippen LogP) is 5.76. The van der Waals surface area contributed by atoms with Crippen LogP contribution in [0.5, 0.6) is 0 Å². The van der Waals surface area contributed by atoms with Crippen LogP contribution in [0.2, 0.25) is 0 Å². The maximum absolute atomic E-state index is 4.68. The van der Waals surface area contributed by atoms with Crippen molar-refractivity contribution in [2.45, 2.75) is 0 Å². The van der Waals surface area contributed by atoms with Gasteiger partial charge in [-0.05, 0) is 30.3 Å². The van der Waals surface area contributed by atoms with Crippen LogP contribution >= 0.6 is 0 Å². The molecule has 30 heavy (non-hydrogen) atoms. The van der Waals surface area contributed by atoms with Crippen molar-refractivity contribution in [1.82, 2.24) is 24.5 Å². The number of pyridine rings is 2. The van der Waals surface area contributed by atoms with Gasteiger partial charge in [-0.3, -0.25) is 4.98 Å². The Morgan fingerprint density at radius 2 is 1.33 bits per heavy atom. The van der Waals surface area contributed by atoms with Crippen molar-refractivity contribution < 1.29 is 0 Å². The summed E-state index contributed by atoms with van der Waals surface area (Å²) in [6.45, 7) is 0. The minimum atomic E-state index is 0.882. The molecule has 0 saturated carbocycles. The topological polar surface area (TPSA) is 59.4 Å². The molecule has 0 amide bonds. The highest BCUT2D eigenvalue weighted by atomic mass is 15.0. The molecule has 0 aliphatic rings. The second kappa shape index (κ2) is 5.64. The Morgan fingerprint density at radius 1 is 0.633 bits per heavy atom. The zero-order valence-corrected chi connectivity index (χ0v) is 15.9. The number of nitrogens with zero attached hydrogens (tertiary/aromatic N) is 4. The van der Waals surface area contributed by atoms with Gasteiger partial charge in [-0.2, -0.15) is 0 Å². The molecule has 140 valence electrons. The van der Waals surface area contributed by atoms with E-state index in [9.17, 15) is 0 Å². The average Bonchev–Trinajstić information content (AvgIpc) is 3.42. The van der Waals surface area contributed by atoms with Crippen LogP contribution in [0.1, 0.15) is 0 Å². The SMILES string of the molecule is c1cnc2c(c1)c1ncnc1c1c(-n3c4ccccc4c4ccccc43)cc[nH]c21. The van der Waals surface area contributed by atoms with E-state index in [1.165, 1.54) is 21.8 Å². The monoisotopic (exact) mass is 385 g/mol. The van der Waals surface area contributed by atoms with Crippen LogP contribution in [0.15, 0.2) is 85.5 Å². The molecule has 0 fully saturated rings. The molecular weight excluding hydrogens is 370 g/mol. The summed E-state index contributed by atoms with van der Waals surface area (Å²) in [6.07, 6.45) is 5.45. The minimum absolute atomic E-state index is 0.882. The van der Waals surface area contributed by atoms with Gasteiger partial charge in [0.1, 0.15) is 17.4 Å². The zero-order chi connectivity index (χ0) is 19.7. The van der Waals surface area contributed by atoms with Gasteiger partial charge in [0, 0.05) is 28.6 Å². The number of aromatic amines is 1. The summed E-state index contributed by atoms with van der Waals surface area (Å²) in [5.41, 5.74) is 7.05. The molecule has 5 heteroatoms. The molecule has 5 nitrogen and oxygen atoms in total. The Labute approximate surface area is 170 Å². The lowest BCUT2D eigenvalue weighted by Gasteiger charge is -2.13. The van der Waals surface area contributed by atoms with Gasteiger partial charge < -0.3 is 9.55 Å². The summed E-state index contributed by atoms with van der Waals surface area (Å²) in [5, 5.41) is 4.51. The van der Waals surface area contributed by atoms with E-state index in [0.717, 1.165) is 38.5 Å². The summed E-state index contributed by atoms with van der Waals surface area (Å²) < 4.78 is 2.32. The van der Waals surface area contributed by atoms with Crippen molar-refractivity contribution in [3.05, 3.63) is 85.5 Å². The number of para-hydroxylation sites is 2. The number of hydrogen-bond donors (Lipinski definition) is 1. The first-order chi connectivity index (χ1) is 14.9. The molecular formula is C25H15N5. The molecule has 0 aliphatic carbocycles. The molecule has 0 radical (unpaired) electrons. The molecule has 7 aromatic rings. The molecule has 1 N–H and O–H groups in total. The van der Waals surface area contributed by atoms with Crippen molar-refractivity contribution >= 4 is 54.6 Å². The maximum atomic E-state index is 4.68. The van der Waals surface area contributed by atoms with Gasteiger partial charge in [0.25, 0.3) is 0 Å². The molecule has 3 aromatic carbocycles. The Morgan fingerprint density at radius 3 is 2.13 bits per heavy atom. The molecule has 0 aliphatic heterocycles. The van der Waals surface area contributed by atoms with Crippen LogP contribution in [-0.2, 0) is 0 Å². The highest BCUT2D eigenvalue weighted by molar-refractivity contribution is 6.23. The number of nitrogens with one attached hydrogen (secondary N) is 1. The molecule has 0 spiro atoms. The molecule has 0 bridgehead atoms. The van der Waals surface area contributed by atoms with Crippen LogP contribution < -0.4 is 0 Å². The van der Waals surface area contributed by atoms with E-state index in [0.29, 0.717) is 0 Å². The number of imidazole rings is 1. The quantitative estimate of drug-likeness (QED) is 0.366. The van der Waals surface area contributed by atoms with Crippen LogP contribution in [-0.4, -0.2) is 24.5 Å². The Hall–Kier alpha value is -4.25. The minimum Gasteiger partial charge on any atom is -0.359 e. The van der Waals surface area contributed by atoms with Gasteiger partial charge in [-0.25, -0.2) is 9.97 Å². The number of rotatable bonds is 1. The second-order valence-corrected chi connectivity index (χ2v) is 7.45. The zero-order valence-electron chi connectivity index (χ0n) is 15.9. The third-order valence-corrected chi connectivity index (χ3v) is 5.93. The second-order valence-electron chi connectivity index (χ2n) is 7.45. The molecule has 0 atom stereocenters. The molecule has 0 unspecified atom stereocenters. The van der Waals surface area contributed by atoms with Crippen molar-refractivity contribution in [1.29, 1.82) is 0 Å². The third kappa shape index (κ3) is 1.89. The van der Waals surface area contributed by atoms with Crippen molar-refractivity contribution in [3.63, 3.8) is 0 Å². The third-order valence-electron chi connectivity index (χ3n) is 5.93. The maximum Gasteiger partial charge on any atom is 0.116 e. The van der Waals surface area contributed by atoms with E-state index in [1.54, 1.807) is 6.33 Å². The summed E-state index contributed by atoms with van der Waals surface area (Å²) in [5.74, 6) is 0. The smallest absolute Gasteiger partial charge is 0.116 e. The summed E-state index contributed by atoms with van der Waals surface area (Å²) in [4.78, 5) is 17.3. The number of hydrogen-bond acceptors (Lipinski definition) is 3. The van der Waals surface area contributed by atoms with Crippen LogP contribution in [0, 0.1) is 0 Å². The van der Waals surface area contributed by atoms with E-state index in [4.69, 9.17) is 0 Å². The van der Waals surface area contributed by atoms with Crippen LogP contribution in [0.25, 0.3) is 60.3 Å². The fourth-order valence-electron chi connectivity index (χ4n) is 4.72.